The Labute approximate surface area is 164 Å². The first-order valence-corrected chi connectivity index (χ1v) is 8.71. The van der Waals surface area contributed by atoms with E-state index in [4.69, 9.17) is 0 Å². The van der Waals surface area contributed by atoms with Gasteiger partial charge < -0.3 is 10.2 Å². The van der Waals surface area contributed by atoms with Crippen LogP contribution in [0.2, 0.25) is 0 Å². The van der Waals surface area contributed by atoms with E-state index in [2.05, 4.69) is 61.9 Å². The SMILES string of the molecule is CCc1nn(C)c(CC)c1CNC(=NC)N1CC(C)(C)C1(C)C.I. The number of likely N-dealkylation sites (tertiary alicyclic amines) is 1. The number of hydrogen-bond donors (Lipinski definition) is 1. The van der Waals surface area contributed by atoms with Gasteiger partial charge in [-0.2, -0.15) is 5.10 Å². The molecule has 0 bridgehead atoms. The molecule has 1 aliphatic heterocycles. The van der Waals surface area contributed by atoms with Gasteiger partial charge in [0.1, 0.15) is 0 Å². The second kappa shape index (κ2) is 7.62. The summed E-state index contributed by atoms with van der Waals surface area (Å²) in [6.45, 7) is 15.4. The summed E-state index contributed by atoms with van der Waals surface area (Å²) in [7, 11) is 3.91. The Morgan fingerprint density at radius 3 is 2.25 bits per heavy atom. The number of aryl methyl sites for hydroxylation is 2. The molecule has 2 heterocycles. The molecule has 0 radical (unpaired) electrons. The third kappa shape index (κ3) is 3.44. The highest BCUT2D eigenvalue weighted by molar-refractivity contribution is 14.0. The van der Waals surface area contributed by atoms with Gasteiger partial charge in [0, 0.05) is 49.4 Å². The van der Waals surface area contributed by atoms with Crippen molar-refractivity contribution in [2.24, 2.45) is 17.5 Å². The Morgan fingerprint density at radius 2 is 1.83 bits per heavy atom. The van der Waals surface area contributed by atoms with E-state index in [0.717, 1.165) is 31.9 Å². The van der Waals surface area contributed by atoms with Crippen LogP contribution in [-0.2, 0) is 26.4 Å². The molecule has 1 aromatic rings. The quantitative estimate of drug-likeness (QED) is 0.438. The Kier molecular flexibility index (Phi) is 6.75. The second-order valence-electron chi connectivity index (χ2n) is 7.63. The largest absolute Gasteiger partial charge is 0.352 e. The van der Waals surface area contributed by atoms with Gasteiger partial charge in [0.15, 0.2) is 5.96 Å². The predicted molar refractivity (Wildman–Crippen MR) is 112 cm³/mol. The molecule has 1 fully saturated rings. The van der Waals surface area contributed by atoms with E-state index in [-0.39, 0.29) is 29.5 Å². The van der Waals surface area contributed by atoms with Crippen molar-refractivity contribution < 1.29 is 0 Å². The molecule has 0 spiro atoms. The van der Waals surface area contributed by atoms with Gasteiger partial charge in [-0.15, -0.1) is 24.0 Å². The van der Waals surface area contributed by atoms with Crippen LogP contribution in [-0.4, -0.2) is 39.8 Å². The first-order chi connectivity index (χ1) is 10.7. The van der Waals surface area contributed by atoms with Crippen LogP contribution in [0, 0.1) is 5.41 Å². The number of nitrogens with one attached hydrogen (secondary N) is 1. The van der Waals surface area contributed by atoms with Gasteiger partial charge in [-0.05, 0) is 26.7 Å². The minimum absolute atomic E-state index is 0. The first kappa shape index (κ1) is 21.3. The molecule has 0 saturated carbocycles. The van der Waals surface area contributed by atoms with Crippen molar-refractivity contribution >= 4 is 29.9 Å². The maximum atomic E-state index is 4.66. The predicted octanol–water partition coefficient (Wildman–Crippen LogP) is 3.36. The summed E-state index contributed by atoms with van der Waals surface area (Å²) in [4.78, 5) is 6.88. The summed E-state index contributed by atoms with van der Waals surface area (Å²) in [5.74, 6) is 0.988. The first-order valence-electron chi connectivity index (χ1n) is 8.71. The number of rotatable bonds is 4. The molecule has 0 aliphatic carbocycles. The average Bonchev–Trinajstić information content (AvgIpc) is 2.81. The number of aliphatic imine (C=N–C) groups is 1. The van der Waals surface area contributed by atoms with Crippen LogP contribution in [0.25, 0.3) is 0 Å². The Bertz CT molecular complexity index is 601. The van der Waals surface area contributed by atoms with E-state index in [1.54, 1.807) is 0 Å². The topological polar surface area (TPSA) is 45.5 Å². The highest BCUT2D eigenvalue weighted by atomic mass is 127. The van der Waals surface area contributed by atoms with Crippen LogP contribution in [0.3, 0.4) is 0 Å². The molecule has 2 rings (SSSR count). The molecule has 5 nitrogen and oxygen atoms in total. The fraction of sp³-hybridized carbons (Fsp3) is 0.778. The zero-order valence-corrected chi connectivity index (χ0v) is 18.9. The fourth-order valence-electron chi connectivity index (χ4n) is 3.46. The molecule has 6 heteroatoms. The standard InChI is InChI=1S/C18H33N5.HI/c1-9-14-13(15(10-2)22(8)21-14)11-20-16(19-7)23-12-17(3,4)18(23,5)6;/h9-12H2,1-8H3,(H,19,20);1H. The molecular weight excluding hydrogens is 413 g/mol. The number of aromatic nitrogens is 2. The molecule has 1 saturated heterocycles. The maximum absolute atomic E-state index is 4.66. The Morgan fingerprint density at radius 1 is 1.21 bits per heavy atom. The van der Waals surface area contributed by atoms with E-state index in [1.807, 2.05) is 18.8 Å². The Hall–Kier alpha value is -0.790. The van der Waals surface area contributed by atoms with Gasteiger partial charge in [-0.25, -0.2) is 0 Å². The van der Waals surface area contributed by atoms with Gasteiger partial charge in [-0.3, -0.25) is 9.67 Å². The molecular formula is C18H34IN5. The average molecular weight is 447 g/mol. The maximum Gasteiger partial charge on any atom is 0.194 e. The van der Waals surface area contributed by atoms with Crippen molar-refractivity contribution in [2.75, 3.05) is 13.6 Å². The highest BCUT2D eigenvalue weighted by Crippen LogP contribution is 2.46. The van der Waals surface area contributed by atoms with E-state index in [0.29, 0.717) is 5.41 Å². The van der Waals surface area contributed by atoms with Crippen molar-refractivity contribution in [3.05, 3.63) is 17.0 Å². The molecule has 0 unspecified atom stereocenters. The highest BCUT2D eigenvalue weighted by Gasteiger charge is 2.53. The van der Waals surface area contributed by atoms with Crippen molar-refractivity contribution in [3.63, 3.8) is 0 Å². The minimum Gasteiger partial charge on any atom is -0.352 e. The van der Waals surface area contributed by atoms with E-state index < -0.39 is 0 Å². The lowest BCUT2D eigenvalue weighted by atomic mass is 9.65. The van der Waals surface area contributed by atoms with Gasteiger partial charge in [0.05, 0.1) is 5.69 Å². The molecule has 1 aliphatic rings. The smallest absolute Gasteiger partial charge is 0.194 e. The summed E-state index contributed by atoms with van der Waals surface area (Å²) in [5, 5.41) is 8.22. The number of nitrogens with zero attached hydrogens (tertiary/aromatic N) is 4. The third-order valence-corrected chi connectivity index (χ3v) is 5.80. The molecule has 1 aromatic heterocycles. The van der Waals surface area contributed by atoms with Gasteiger partial charge >= 0.3 is 0 Å². The van der Waals surface area contributed by atoms with Gasteiger partial charge in [0.25, 0.3) is 0 Å². The molecule has 0 amide bonds. The molecule has 0 atom stereocenters. The van der Waals surface area contributed by atoms with Crippen molar-refractivity contribution in [1.29, 1.82) is 0 Å². The Balaban J connectivity index is 0.00000288. The molecule has 1 N–H and O–H groups in total. The van der Waals surface area contributed by atoms with E-state index >= 15 is 0 Å². The molecule has 24 heavy (non-hydrogen) atoms. The number of hydrogen-bond acceptors (Lipinski definition) is 2. The monoisotopic (exact) mass is 447 g/mol. The third-order valence-electron chi connectivity index (χ3n) is 5.80. The molecule has 0 aromatic carbocycles. The van der Waals surface area contributed by atoms with Gasteiger partial charge in [-0.1, -0.05) is 27.7 Å². The zero-order chi connectivity index (χ0) is 17.4. The van der Waals surface area contributed by atoms with Crippen LogP contribution in [0.4, 0.5) is 0 Å². The van der Waals surface area contributed by atoms with Crippen LogP contribution < -0.4 is 5.32 Å². The second-order valence-corrected chi connectivity index (χ2v) is 7.63. The molecule has 138 valence electrons. The van der Waals surface area contributed by atoms with Gasteiger partial charge in [0.2, 0.25) is 0 Å². The minimum atomic E-state index is 0. The van der Waals surface area contributed by atoms with Crippen molar-refractivity contribution in [3.8, 4) is 0 Å². The van der Waals surface area contributed by atoms with Crippen molar-refractivity contribution in [1.82, 2.24) is 20.0 Å². The summed E-state index contributed by atoms with van der Waals surface area (Å²) in [6, 6.07) is 0. The number of guanidine groups is 1. The summed E-state index contributed by atoms with van der Waals surface area (Å²) < 4.78 is 2.02. The van der Waals surface area contributed by atoms with Crippen molar-refractivity contribution in [2.45, 2.75) is 66.5 Å². The van der Waals surface area contributed by atoms with E-state index in [1.165, 1.54) is 17.0 Å². The lowest BCUT2D eigenvalue weighted by Gasteiger charge is -2.62. The van der Waals surface area contributed by atoms with E-state index in [9.17, 15) is 0 Å². The summed E-state index contributed by atoms with van der Waals surface area (Å²) in [6.07, 6.45) is 1.97. The normalized spacial score (nSPS) is 18.8. The zero-order valence-electron chi connectivity index (χ0n) is 16.5. The number of halogens is 1. The fourth-order valence-corrected chi connectivity index (χ4v) is 3.46. The lowest BCUT2D eigenvalue weighted by Crippen LogP contribution is -2.72. The van der Waals surface area contributed by atoms with Crippen LogP contribution in [0.1, 0.15) is 58.5 Å². The summed E-state index contributed by atoms with van der Waals surface area (Å²) in [5.41, 5.74) is 4.26. The van der Waals surface area contributed by atoms with Crippen LogP contribution in [0.15, 0.2) is 4.99 Å². The van der Waals surface area contributed by atoms with Crippen LogP contribution in [0.5, 0.6) is 0 Å². The lowest BCUT2D eigenvalue weighted by molar-refractivity contribution is -0.0668. The summed E-state index contributed by atoms with van der Waals surface area (Å²) >= 11 is 0. The van der Waals surface area contributed by atoms with Crippen LogP contribution >= 0.6 is 24.0 Å².